The standard InChI is InChI=1S/C28H37N5O2/c1-17-13-22(15-23(29)14-17)18(2)30-26-24-16-21(7-8-25(24)31-19(3)32-26)20-9-11-33(12-10-20)27(34)35-28(4,5)6/h7-8,13-16,18,20H,9-12,29H2,1-6H3,(H,30,31,32)/t18-/m1/s1. The van der Waals surface area contributed by atoms with Crippen molar-refractivity contribution in [2.45, 2.75) is 71.9 Å². The van der Waals surface area contributed by atoms with E-state index >= 15 is 0 Å². The maximum atomic E-state index is 12.4. The first-order valence-electron chi connectivity index (χ1n) is 12.4. The molecule has 1 aromatic heterocycles. The molecule has 0 saturated carbocycles. The molecule has 1 aliphatic rings. The smallest absolute Gasteiger partial charge is 0.410 e. The lowest BCUT2D eigenvalue weighted by atomic mass is 9.89. The van der Waals surface area contributed by atoms with Crippen LogP contribution < -0.4 is 11.1 Å². The number of ether oxygens (including phenoxy) is 1. The molecule has 0 aliphatic carbocycles. The van der Waals surface area contributed by atoms with Crippen LogP contribution in [0, 0.1) is 13.8 Å². The van der Waals surface area contributed by atoms with Crippen LogP contribution in [-0.2, 0) is 4.74 Å². The number of aryl methyl sites for hydroxylation is 2. The maximum absolute atomic E-state index is 12.4. The van der Waals surface area contributed by atoms with E-state index < -0.39 is 5.60 Å². The second-order valence-corrected chi connectivity index (χ2v) is 10.7. The molecular formula is C28H37N5O2. The van der Waals surface area contributed by atoms with E-state index in [2.05, 4.69) is 48.4 Å². The Bertz CT molecular complexity index is 1210. The third-order valence-corrected chi connectivity index (χ3v) is 6.42. The Morgan fingerprint density at radius 3 is 2.49 bits per heavy atom. The van der Waals surface area contributed by atoms with Crippen LogP contribution in [0.25, 0.3) is 10.9 Å². The minimum Gasteiger partial charge on any atom is -0.444 e. The zero-order chi connectivity index (χ0) is 25.3. The molecule has 0 bridgehead atoms. The Hall–Kier alpha value is -3.35. The Morgan fingerprint density at radius 1 is 1.11 bits per heavy atom. The normalized spacial score (nSPS) is 15.8. The molecule has 1 atom stereocenters. The molecule has 3 aromatic rings. The molecule has 4 rings (SSSR count). The fourth-order valence-corrected chi connectivity index (χ4v) is 4.73. The minimum absolute atomic E-state index is 0.0374. The van der Waals surface area contributed by atoms with Gasteiger partial charge >= 0.3 is 6.09 Å². The predicted molar refractivity (Wildman–Crippen MR) is 142 cm³/mol. The third kappa shape index (κ3) is 6.02. The number of rotatable bonds is 4. The van der Waals surface area contributed by atoms with Gasteiger partial charge in [0.1, 0.15) is 17.2 Å². The number of fused-ring (bicyclic) bond motifs is 1. The zero-order valence-electron chi connectivity index (χ0n) is 21.7. The van der Waals surface area contributed by atoms with E-state index in [1.165, 1.54) is 5.56 Å². The Kier molecular flexibility index (Phi) is 6.88. The largest absolute Gasteiger partial charge is 0.444 e. The Morgan fingerprint density at radius 2 is 1.83 bits per heavy atom. The van der Waals surface area contributed by atoms with E-state index in [4.69, 9.17) is 15.5 Å². The summed E-state index contributed by atoms with van der Waals surface area (Å²) in [4.78, 5) is 23.7. The molecule has 1 aliphatic heterocycles. The van der Waals surface area contributed by atoms with E-state index in [1.54, 1.807) is 0 Å². The molecule has 3 N–H and O–H groups in total. The SMILES string of the molecule is Cc1cc(N)cc([C@@H](C)Nc2nc(C)nc3ccc(C4CCN(C(=O)OC(C)(C)C)CC4)cc23)c1. The quantitative estimate of drug-likeness (QED) is 0.442. The summed E-state index contributed by atoms with van der Waals surface area (Å²) in [5.74, 6) is 1.93. The number of carbonyl (C=O) groups excluding carboxylic acids is 1. The number of anilines is 2. The number of hydrogen-bond donors (Lipinski definition) is 2. The van der Waals surface area contributed by atoms with Gasteiger partial charge in [-0.15, -0.1) is 0 Å². The van der Waals surface area contributed by atoms with E-state index in [0.29, 0.717) is 19.0 Å². The number of carbonyl (C=O) groups is 1. The number of hydrogen-bond acceptors (Lipinski definition) is 6. The number of likely N-dealkylation sites (tertiary alicyclic amines) is 1. The van der Waals surface area contributed by atoms with E-state index in [1.807, 2.05) is 44.7 Å². The number of benzene rings is 2. The molecule has 0 spiro atoms. The van der Waals surface area contributed by atoms with Crippen LogP contribution in [0.2, 0.25) is 0 Å². The monoisotopic (exact) mass is 475 g/mol. The summed E-state index contributed by atoms with van der Waals surface area (Å²) < 4.78 is 5.55. The highest BCUT2D eigenvalue weighted by molar-refractivity contribution is 5.90. The second kappa shape index (κ2) is 9.72. The van der Waals surface area contributed by atoms with Gasteiger partial charge in [0.2, 0.25) is 0 Å². The first-order chi connectivity index (χ1) is 16.5. The van der Waals surface area contributed by atoms with Crippen molar-refractivity contribution in [2.75, 3.05) is 24.1 Å². The number of nitrogens with two attached hydrogens (primary N) is 1. The summed E-state index contributed by atoms with van der Waals surface area (Å²) >= 11 is 0. The molecule has 2 aromatic carbocycles. The summed E-state index contributed by atoms with van der Waals surface area (Å²) in [6.07, 6.45) is 1.58. The third-order valence-electron chi connectivity index (χ3n) is 6.42. The summed E-state index contributed by atoms with van der Waals surface area (Å²) in [6, 6.07) is 12.6. The average Bonchev–Trinajstić information content (AvgIpc) is 2.77. The van der Waals surface area contributed by atoms with Gasteiger partial charge in [-0.1, -0.05) is 12.1 Å². The van der Waals surface area contributed by atoms with Crippen molar-refractivity contribution in [1.29, 1.82) is 0 Å². The van der Waals surface area contributed by atoms with Crippen LogP contribution in [-0.4, -0.2) is 39.7 Å². The van der Waals surface area contributed by atoms with Crippen molar-refractivity contribution in [2.24, 2.45) is 0 Å². The number of piperidine rings is 1. The molecule has 1 amide bonds. The van der Waals surface area contributed by atoms with Crippen LogP contribution in [0.1, 0.15) is 75.0 Å². The van der Waals surface area contributed by atoms with Gasteiger partial charge in [0.15, 0.2) is 0 Å². The van der Waals surface area contributed by atoms with Crippen LogP contribution in [0.3, 0.4) is 0 Å². The fourth-order valence-electron chi connectivity index (χ4n) is 4.73. The molecule has 2 heterocycles. The van der Waals surface area contributed by atoms with Gasteiger partial charge < -0.3 is 20.7 Å². The number of amides is 1. The van der Waals surface area contributed by atoms with Crippen molar-refractivity contribution in [1.82, 2.24) is 14.9 Å². The first kappa shape index (κ1) is 24.8. The summed E-state index contributed by atoms with van der Waals surface area (Å²) in [5.41, 5.74) is 10.8. The number of nitrogens with zero attached hydrogens (tertiary/aromatic N) is 3. The van der Waals surface area contributed by atoms with Crippen LogP contribution in [0.5, 0.6) is 0 Å². The molecule has 1 saturated heterocycles. The molecule has 7 heteroatoms. The lowest BCUT2D eigenvalue weighted by Gasteiger charge is -2.33. The fraction of sp³-hybridized carbons (Fsp3) is 0.464. The van der Waals surface area contributed by atoms with Gasteiger partial charge in [0.25, 0.3) is 0 Å². The molecule has 1 fully saturated rings. The average molecular weight is 476 g/mol. The van der Waals surface area contributed by atoms with Gasteiger partial charge in [-0.05, 0) is 101 Å². The Balaban J connectivity index is 1.54. The van der Waals surface area contributed by atoms with E-state index in [-0.39, 0.29) is 12.1 Å². The molecule has 7 nitrogen and oxygen atoms in total. The number of nitrogen functional groups attached to an aromatic ring is 1. The summed E-state index contributed by atoms with van der Waals surface area (Å²) in [5, 5.41) is 4.60. The molecular weight excluding hydrogens is 438 g/mol. The first-order valence-corrected chi connectivity index (χ1v) is 12.4. The molecule has 0 radical (unpaired) electrons. The maximum Gasteiger partial charge on any atom is 0.410 e. The highest BCUT2D eigenvalue weighted by Gasteiger charge is 2.27. The number of aromatic nitrogens is 2. The lowest BCUT2D eigenvalue weighted by molar-refractivity contribution is 0.0205. The second-order valence-electron chi connectivity index (χ2n) is 10.7. The zero-order valence-corrected chi connectivity index (χ0v) is 21.7. The molecule has 186 valence electrons. The minimum atomic E-state index is -0.477. The summed E-state index contributed by atoms with van der Waals surface area (Å²) in [7, 11) is 0. The van der Waals surface area contributed by atoms with Gasteiger partial charge in [0.05, 0.1) is 11.6 Å². The van der Waals surface area contributed by atoms with Crippen LogP contribution >= 0.6 is 0 Å². The van der Waals surface area contributed by atoms with Crippen molar-refractivity contribution in [3.05, 3.63) is 58.9 Å². The highest BCUT2D eigenvalue weighted by atomic mass is 16.6. The topological polar surface area (TPSA) is 93.4 Å². The molecule has 35 heavy (non-hydrogen) atoms. The van der Waals surface area contributed by atoms with Gasteiger partial charge in [-0.3, -0.25) is 0 Å². The van der Waals surface area contributed by atoms with Crippen molar-refractivity contribution in [3.63, 3.8) is 0 Å². The predicted octanol–water partition coefficient (Wildman–Crippen LogP) is 6.12. The van der Waals surface area contributed by atoms with Crippen molar-refractivity contribution >= 4 is 28.5 Å². The lowest BCUT2D eigenvalue weighted by Crippen LogP contribution is -2.41. The van der Waals surface area contributed by atoms with Crippen molar-refractivity contribution in [3.8, 4) is 0 Å². The summed E-state index contributed by atoms with van der Waals surface area (Å²) in [6.45, 7) is 13.2. The van der Waals surface area contributed by atoms with Crippen LogP contribution in [0.15, 0.2) is 36.4 Å². The van der Waals surface area contributed by atoms with Gasteiger partial charge in [0, 0.05) is 24.2 Å². The molecule has 0 unspecified atom stereocenters. The van der Waals surface area contributed by atoms with Crippen molar-refractivity contribution < 1.29 is 9.53 Å². The highest BCUT2D eigenvalue weighted by Crippen LogP contribution is 2.33. The van der Waals surface area contributed by atoms with Gasteiger partial charge in [-0.25, -0.2) is 14.8 Å². The number of nitrogens with one attached hydrogen (secondary N) is 1. The van der Waals surface area contributed by atoms with Gasteiger partial charge in [-0.2, -0.15) is 0 Å². The Labute approximate surface area is 208 Å². The van der Waals surface area contributed by atoms with E-state index in [0.717, 1.165) is 52.2 Å². The van der Waals surface area contributed by atoms with E-state index in [9.17, 15) is 4.79 Å². The van der Waals surface area contributed by atoms with Crippen LogP contribution in [0.4, 0.5) is 16.3 Å².